The minimum absolute atomic E-state index is 0.125. The van der Waals surface area contributed by atoms with Crippen LogP contribution in [-0.2, 0) is 19.3 Å². The van der Waals surface area contributed by atoms with Crippen LogP contribution >= 0.6 is 0 Å². The van der Waals surface area contributed by atoms with Gasteiger partial charge in [-0.2, -0.15) is 0 Å². The largest absolute Gasteiger partial charge is 0.376 e. The van der Waals surface area contributed by atoms with Gasteiger partial charge in [0.05, 0.1) is 29.5 Å². The molecule has 7 nitrogen and oxygen atoms in total. The van der Waals surface area contributed by atoms with Gasteiger partial charge in [0, 0.05) is 33.3 Å². The molecule has 0 spiro atoms. The van der Waals surface area contributed by atoms with Crippen LogP contribution in [0.4, 0.5) is 0 Å². The molecular weight excluding hydrogens is 402 g/mol. The molecule has 0 saturated carbocycles. The second-order valence-electron chi connectivity index (χ2n) is 7.97. The lowest BCUT2D eigenvalue weighted by Crippen LogP contribution is -2.47. The van der Waals surface area contributed by atoms with Crippen molar-refractivity contribution in [3.8, 4) is 0 Å². The van der Waals surface area contributed by atoms with Crippen molar-refractivity contribution in [2.24, 2.45) is 4.99 Å². The lowest BCUT2D eigenvalue weighted by Gasteiger charge is -2.35. The molecule has 0 bridgehead atoms. The number of hydrogen-bond donors (Lipinski definition) is 1. The minimum Gasteiger partial charge on any atom is -0.376 e. The van der Waals surface area contributed by atoms with Crippen molar-refractivity contribution in [1.82, 2.24) is 10.2 Å². The summed E-state index contributed by atoms with van der Waals surface area (Å²) in [4.78, 5) is 6.98. The molecule has 1 unspecified atom stereocenters. The Labute approximate surface area is 180 Å². The number of aliphatic imine (C=N–C) groups is 1. The Morgan fingerprint density at radius 2 is 1.97 bits per heavy atom. The summed E-state index contributed by atoms with van der Waals surface area (Å²) in [6.07, 6.45) is 6.53. The summed E-state index contributed by atoms with van der Waals surface area (Å²) < 4.78 is 36.6. The quantitative estimate of drug-likeness (QED) is 0.382. The van der Waals surface area contributed by atoms with E-state index < -0.39 is 9.84 Å². The number of nitrogens with zero attached hydrogens (tertiary/aromatic N) is 2. The summed E-state index contributed by atoms with van der Waals surface area (Å²) in [5.41, 5.74) is 0. The predicted octanol–water partition coefficient (Wildman–Crippen LogP) is 2.48. The third kappa shape index (κ3) is 6.96. The number of piperidine rings is 1. The maximum Gasteiger partial charge on any atom is 0.193 e. The third-order valence-electron chi connectivity index (χ3n) is 5.72. The van der Waals surface area contributed by atoms with Gasteiger partial charge in [0.25, 0.3) is 0 Å². The minimum atomic E-state index is -3.23. The van der Waals surface area contributed by atoms with Gasteiger partial charge in [-0.25, -0.2) is 8.42 Å². The van der Waals surface area contributed by atoms with E-state index in [0.29, 0.717) is 24.5 Å². The van der Waals surface area contributed by atoms with Gasteiger partial charge in [-0.3, -0.25) is 4.99 Å². The van der Waals surface area contributed by atoms with E-state index >= 15 is 0 Å². The second-order valence-corrected chi connectivity index (χ2v) is 10.1. The Kier molecular flexibility index (Phi) is 8.96. The summed E-state index contributed by atoms with van der Waals surface area (Å²) in [6.45, 7) is 3.92. The number of hydrogen-bond acceptors (Lipinski definition) is 5. The van der Waals surface area contributed by atoms with Gasteiger partial charge < -0.3 is 19.7 Å². The molecule has 2 aliphatic heterocycles. The summed E-state index contributed by atoms with van der Waals surface area (Å²) in [5.74, 6) is 0.960. The second kappa shape index (κ2) is 11.7. The maximum absolute atomic E-state index is 12.4. The average molecular weight is 438 g/mol. The number of ether oxygens (including phenoxy) is 2. The highest BCUT2D eigenvalue weighted by molar-refractivity contribution is 7.91. The van der Waals surface area contributed by atoms with E-state index in [0.717, 1.165) is 44.9 Å². The van der Waals surface area contributed by atoms with E-state index in [1.54, 1.807) is 31.3 Å². The third-order valence-corrected chi connectivity index (χ3v) is 7.54. The van der Waals surface area contributed by atoms with E-state index in [2.05, 4.69) is 15.2 Å². The Morgan fingerprint density at radius 3 is 2.63 bits per heavy atom. The van der Waals surface area contributed by atoms with Crippen molar-refractivity contribution in [2.75, 3.05) is 45.6 Å². The van der Waals surface area contributed by atoms with Crippen molar-refractivity contribution in [3.63, 3.8) is 0 Å². The van der Waals surface area contributed by atoms with Crippen LogP contribution < -0.4 is 5.32 Å². The fourth-order valence-electron chi connectivity index (χ4n) is 3.96. The zero-order valence-electron chi connectivity index (χ0n) is 18.0. The molecule has 2 heterocycles. The highest BCUT2D eigenvalue weighted by atomic mass is 32.2. The van der Waals surface area contributed by atoms with Gasteiger partial charge in [0.2, 0.25) is 0 Å². The number of guanidine groups is 1. The molecule has 30 heavy (non-hydrogen) atoms. The first-order valence-electron chi connectivity index (χ1n) is 11.0. The highest BCUT2D eigenvalue weighted by Crippen LogP contribution is 2.18. The predicted molar refractivity (Wildman–Crippen MR) is 119 cm³/mol. The van der Waals surface area contributed by atoms with Gasteiger partial charge in [0.1, 0.15) is 0 Å². The van der Waals surface area contributed by atoms with Gasteiger partial charge in [-0.05, 0) is 50.7 Å². The molecule has 0 amide bonds. The van der Waals surface area contributed by atoms with Crippen LogP contribution in [0.2, 0.25) is 0 Å². The lowest BCUT2D eigenvalue weighted by atomic mass is 10.1. The molecule has 0 aromatic heterocycles. The first-order chi connectivity index (χ1) is 14.6. The monoisotopic (exact) mass is 437 g/mol. The number of benzene rings is 1. The van der Waals surface area contributed by atoms with Crippen molar-refractivity contribution in [1.29, 1.82) is 0 Å². The van der Waals surface area contributed by atoms with E-state index in [1.165, 1.54) is 12.8 Å². The topological polar surface area (TPSA) is 80.2 Å². The molecule has 1 aromatic carbocycles. The zero-order valence-corrected chi connectivity index (χ0v) is 18.8. The Balaban J connectivity index is 1.34. The molecule has 8 heteroatoms. The molecule has 2 saturated heterocycles. The molecule has 168 valence electrons. The zero-order chi connectivity index (χ0) is 21.2. The molecule has 0 aliphatic carbocycles. The molecule has 2 aliphatic rings. The number of likely N-dealkylation sites (tertiary alicyclic amines) is 1. The normalized spacial score (nSPS) is 21.6. The number of nitrogens with one attached hydrogen (secondary N) is 1. The molecule has 1 atom stereocenters. The van der Waals surface area contributed by atoms with Crippen LogP contribution in [0, 0.1) is 0 Å². The summed E-state index contributed by atoms with van der Waals surface area (Å²) >= 11 is 0. The van der Waals surface area contributed by atoms with Crippen LogP contribution in [0.1, 0.15) is 38.5 Å². The van der Waals surface area contributed by atoms with Crippen molar-refractivity contribution in [3.05, 3.63) is 30.3 Å². The van der Waals surface area contributed by atoms with Crippen LogP contribution in [0.5, 0.6) is 0 Å². The molecular formula is C22H35N3O4S. The standard InChI is InChI=1S/C22H35N3O4S/c1-23-22(24-13-7-17-30(26,27)21-9-3-2-4-10-21)25-14-11-19(12-15-25)29-18-20-8-5-6-16-28-20/h2-4,9-10,19-20H,5-8,11-18H2,1H3,(H,23,24). The SMILES string of the molecule is CN=C(NCCCS(=O)(=O)c1ccccc1)N1CCC(OCC2CCCCO2)CC1. The van der Waals surface area contributed by atoms with Crippen LogP contribution in [0.25, 0.3) is 0 Å². The smallest absolute Gasteiger partial charge is 0.193 e. The first-order valence-corrected chi connectivity index (χ1v) is 12.7. The van der Waals surface area contributed by atoms with Crippen LogP contribution in [-0.4, -0.2) is 77.1 Å². The lowest BCUT2D eigenvalue weighted by molar-refractivity contribution is -0.0721. The van der Waals surface area contributed by atoms with Crippen molar-refractivity contribution < 1.29 is 17.9 Å². The van der Waals surface area contributed by atoms with E-state index in [-0.39, 0.29) is 18.0 Å². The van der Waals surface area contributed by atoms with Gasteiger partial charge in [0.15, 0.2) is 15.8 Å². The Morgan fingerprint density at radius 1 is 1.20 bits per heavy atom. The molecule has 2 fully saturated rings. The summed E-state index contributed by atoms with van der Waals surface area (Å²) in [6, 6.07) is 8.62. The molecule has 3 rings (SSSR count). The highest BCUT2D eigenvalue weighted by Gasteiger charge is 2.24. The summed E-state index contributed by atoms with van der Waals surface area (Å²) in [7, 11) is -1.46. The van der Waals surface area contributed by atoms with E-state index in [4.69, 9.17) is 9.47 Å². The van der Waals surface area contributed by atoms with Crippen LogP contribution in [0.3, 0.4) is 0 Å². The molecule has 1 N–H and O–H groups in total. The maximum atomic E-state index is 12.4. The molecule has 0 radical (unpaired) electrons. The van der Waals surface area contributed by atoms with E-state index in [9.17, 15) is 8.42 Å². The van der Waals surface area contributed by atoms with Crippen molar-refractivity contribution in [2.45, 2.75) is 55.6 Å². The first kappa shape index (κ1) is 23.0. The van der Waals surface area contributed by atoms with Gasteiger partial charge in [-0.1, -0.05) is 18.2 Å². The van der Waals surface area contributed by atoms with Crippen LogP contribution in [0.15, 0.2) is 40.2 Å². The fraction of sp³-hybridized carbons (Fsp3) is 0.682. The Hall–Kier alpha value is -1.64. The van der Waals surface area contributed by atoms with Gasteiger partial charge >= 0.3 is 0 Å². The number of sulfone groups is 1. The van der Waals surface area contributed by atoms with Gasteiger partial charge in [-0.15, -0.1) is 0 Å². The average Bonchev–Trinajstić information content (AvgIpc) is 2.79. The van der Waals surface area contributed by atoms with E-state index in [1.807, 2.05) is 6.07 Å². The number of rotatable bonds is 8. The summed E-state index contributed by atoms with van der Waals surface area (Å²) in [5, 5.41) is 3.31. The van der Waals surface area contributed by atoms with Crippen molar-refractivity contribution >= 4 is 15.8 Å². The Bertz CT molecular complexity index is 756. The molecule has 1 aromatic rings. The fourth-order valence-corrected chi connectivity index (χ4v) is 5.29.